The summed E-state index contributed by atoms with van der Waals surface area (Å²) in [6.07, 6.45) is 0. The molecule has 0 saturated carbocycles. The largest absolute Gasteiger partial charge is 0.345 e. The molecule has 23 heavy (non-hydrogen) atoms. The Morgan fingerprint density at radius 3 is 2.52 bits per heavy atom. The third kappa shape index (κ3) is 3.09. The van der Waals surface area contributed by atoms with Gasteiger partial charge in [0.1, 0.15) is 0 Å². The summed E-state index contributed by atoms with van der Waals surface area (Å²) in [5, 5.41) is 8.92. The highest BCUT2D eigenvalue weighted by Crippen LogP contribution is 2.32. The number of anilines is 2. The van der Waals surface area contributed by atoms with E-state index in [1.54, 1.807) is 0 Å². The Bertz CT molecular complexity index is 728. The number of likely N-dealkylation sites (N-methyl/N-ethyl adjacent to an activating group) is 1. The Kier molecular flexibility index (Phi) is 4.36. The van der Waals surface area contributed by atoms with Crippen LogP contribution in [0.3, 0.4) is 0 Å². The van der Waals surface area contributed by atoms with E-state index in [2.05, 4.69) is 55.0 Å². The number of hydrogen-bond donors (Lipinski definition) is 0. The van der Waals surface area contributed by atoms with Crippen molar-refractivity contribution in [3.05, 3.63) is 59.2 Å². The fourth-order valence-corrected chi connectivity index (χ4v) is 3.36. The summed E-state index contributed by atoms with van der Waals surface area (Å²) in [6, 6.07) is 16.7. The summed E-state index contributed by atoms with van der Waals surface area (Å²) in [5.74, 6) is 0.591. The van der Waals surface area contributed by atoms with Gasteiger partial charge in [-0.05, 0) is 60.0 Å². The van der Waals surface area contributed by atoms with Crippen LogP contribution in [0.2, 0.25) is 0 Å². The predicted octanol–water partition coefficient (Wildman–Crippen LogP) is 4.27. The molecule has 0 N–H and O–H groups in total. The lowest BCUT2D eigenvalue weighted by molar-refractivity contribution is 0.247. The molecule has 0 fully saturated rings. The van der Waals surface area contributed by atoms with Crippen LogP contribution in [0.5, 0.6) is 0 Å². The topological polar surface area (TPSA) is 30.3 Å². The van der Waals surface area contributed by atoms with Crippen LogP contribution in [0.25, 0.3) is 0 Å². The van der Waals surface area contributed by atoms with Gasteiger partial charge in [0, 0.05) is 31.5 Å². The number of fused-ring (bicyclic) bond motifs is 1. The maximum atomic E-state index is 8.92. The zero-order valence-electron chi connectivity index (χ0n) is 14.1. The standard InChI is InChI=1S/C20H23N3/c1-4-23-13-15(2)20-10-9-19(11-17(20)14-23)22(3)18-7-5-16(12-21)6-8-18/h5-11,15H,4,13-14H2,1-3H3. The molecule has 1 atom stereocenters. The van der Waals surface area contributed by atoms with Crippen LogP contribution in [0.1, 0.15) is 36.5 Å². The minimum atomic E-state index is 0.591. The van der Waals surface area contributed by atoms with E-state index in [0.29, 0.717) is 11.5 Å². The first-order valence-corrected chi connectivity index (χ1v) is 8.21. The average molecular weight is 305 g/mol. The van der Waals surface area contributed by atoms with Gasteiger partial charge in [-0.15, -0.1) is 0 Å². The molecule has 2 aromatic carbocycles. The Hall–Kier alpha value is -2.31. The van der Waals surface area contributed by atoms with E-state index < -0.39 is 0 Å². The monoisotopic (exact) mass is 305 g/mol. The summed E-state index contributed by atoms with van der Waals surface area (Å²) >= 11 is 0. The van der Waals surface area contributed by atoms with Crippen LogP contribution in [-0.4, -0.2) is 25.0 Å². The molecule has 3 rings (SSSR count). The number of benzene rings is 2. The number of rotatable bonds is 3. The van der Waals surface area contributed by atoms with Crippen LogP contribution >= 0.6 is 0 Å². The van der Waals surface area contributed by atoms with E-state index in [1.807, 2.05) is 24.3 Å². The van der Waals surface area contributed by atoms with E-state index in [4.69, 9.17) is 5.26 Å². The Morgan fingerprint density at radius 2 is 1.87 bits per heavy atom. The minimum Gasteiger partial charge on any atom is -0.345 e. The molecule has 0 bridgehead atoms. The third-order valence-electron chi connectivity index (χ3n) is 4.80. The Labute approximate surface area is 138 Å². The van der Waals surface area contributed by atoms with E-state index in [0.717, 1.165) is 25.3 Å². The van der Waals surface area contributed by atoms with Crippen LogP contribution in [-0.2, 0) is 6.54 Å². The molecule has 0 amide bonds. The summed E-state index contributed by atoms with van der Waals surface area (Å²) in [5.41, 5.74) is 5.90. The van der Waals surface area contributed by atoms with Gasteiger partial charge in [0.05, 0.1) is 11.6 Å². The van der Waals surface area contributed by atoms with Gasteiger partial charge < -0.3 is 4.90 Å². The molecular formula is C20H23N3. The van der Waals surface area contributed by atoms with Crippen molar-refractivity contribution in [2.75, 3.05) is 25.0 Å². The predicted molar refractivity (Wildman–Crippen MR) is 95.0 cm³/mol. The highest BCUT2D eigenvalue weighted by molar-refractivity contribution is 5.64. The van der Waals surface area contributed by atoms with Crippen molar-refractivity contribution in [3.8, 4) is 6.07 Å². The van der Waals surface area contributed by atoms with E-state index in [1.165, 1.54) is 16.8 Å². The second-order valence-electron chi connectivity index (χ2n) is 6.33. The molecule has 1 aliphatic rings. The fourth-order valence-electron chi connectivity index (χ4n) is 3.36. The molecule has 0 aliphatic carbocycles. The first-order chi connectivity index (χ1) is 11.1. The first-order valence-electron chi connectivity index (χ1n) is 8.21. The normalized spacial score (nSPS) is 17.4. The van der Waals surface area contributed by atoms with Gasteiger partial charge in [-0.1, -0.05) is 19.9 Å². The van der Waals surface area contributed by atoms with Crippen LogP contribution < -0.4 is 4.90 Å². The van der Waals surface area contributed by atoms with Gasteiger partial charge in [0.15, 0.2) is 0 Å². The molecule has 0 spiro atoms. The number of hydrogen-bond acceptors (Lipinski definition) is 3. The van der Waals surface area contributed by atoms with Crippen LogP contribution in [0.4, 0.5) is 11.4 Å². The SMILES string of the molecule is CCN1Cc2cc(N(C)c3ccc(C#N)cc3)ccc2C(C)C1. The third-order valence-corrected chi connectivity index (χ3v) is 4.80. The van der Waals surface area contributed by atoms with Crippen LogP contribution in [0, 0.1) is 11.3 Å². The molecular weight excluding hydrogens is 282 g/mol. The van der Waals surface area contributed by atoms with Crippen molar-refractivity contribution in [3.63, 3.8) is 0 Å². The van der Waals surface area contributed by atoms with Crippen LogP contribution in [0.15, 0.2) is 42.5 Å². The van der Waals surface area contributed by atoms with Crippen molar-refractivity contribution in [1.29, 1.82) is 5.26 Å². The van der Waals surface area contributed by atoms with E-state index in [9.17, 15) is 0 Å². The minimum absolute atomic E-state index is 0.591. The van der Waals surface area contributed by atoms with Crippen molar-refractivity contribution < 1.29 is 0 Å². The summed E-state index contributed by atoms with van der Waals surface area (Å²) < 4.78 is 0. The maximum Gasteiger partial charge on any atom is 0.0991 e. The maximum absolute atomic E-state index is 8.92. The van der Waals surface area contributed by atoms with Crippen molar-refractivity contribution in [2.24, 2.45) is 0 Å². The first kappa shape index (κ1) is 15.6. The lowest BCUT2D eigenvalue weighted by Gasteiger charge is -2.33. The van der Waals surface area contributed by atoms with Gasteiger partial charge in [-0.3, -0.25) is 4.90 Å². The Morgan fingerprint density at radius 1 is 1.17 bits per heavy atom. The molecule has 3 nitrogen and oxygen atoms in total. The molecule has 0 radical (unpaired) electrons. The molecule has 118 valence electrons. The lowest BCUT2D eigenvalue weighted by Crippen LogP contribution is -2.32. The molecule has 0 aromatic heterocycles. The van der Waals surface area contributed by atoms with Gasteiger partial charge >= 0.3 is 0 Å². The number of nitrogens with zero attached hydrogens (tertiary/aromatic N) is 3. The fraction of sp³-hybridized carbons (Fsp3) is 0.350. The average Bonchev–Trinajstić information content (AvgIpc) is 2.60. The molecule has 3 heteroatoms. The highest BCUT2D eigenvalue weighted by Gasteiger charge is 2.21. The summed E-state index contributed by atoms with van der Waals surface area (Å²) in [4.78, 5) is 4.68. The Balaban J connectivity index is 1.90. The van der Waals surface area contributed by atoms with E-state index in [-0.39, 0.29) is 0 Å². The number of nitriles is 1. The molecule has 1 aliphatic heterocycles. The summed E-state index contributed by atoms with van der Waals surface area (Å²) in [6.45, 7) is 7.81. The van der Waals surface area contributed by atoms with Crippen molar-refractivity contribution in [2.45, 2.75) is 26.3 Å². The zero-order chi connectivity index (χ0) is 16.4. The van der Waals surface area contributed by atoms with E-state index >= 15 is 0 Å². The van der Waals surface area contributed by atoms with Crippen molar-refractivity contribution in [1.82, 2.24) is 4.90 Å². The second-order valence-corrected chi connectivity index (χ2v) is 6.33. The quantitative estimate of drug-likeness (QED) is 0.848. The molecule has 1 heterocycles. The van der Waals surface area contributed by atoms with Gasteiger partial charge in [-0.2, -0.15) is 5.26 Å². The molecule has 2 aromatic rings. The molecule has 0 saturated heterocycles. The second kappa shape index (κ2) is 6.44. The highest BCUT2D eigenvalue weighted by atomic mass is 15.1. The smallest absolute Gasteiger partial charge is 0.0991 e. The van der Waals surface area contributed by atoms with Crippen molar-refractivity contribution >= 4 is 11.4 Å². The van der Waals surface area contributed by atoms with Gasteiger partial charge in [0.2, 0.25) is 0 Å². The molecule has 1 unspecified atom stereocenters. The van der Waals surface area contributed by atoms with Gasteiger partial charge in [-0.25, -0.2) is 0 Å². The lowest BCUT2D eigenvalue weighted by atomic mass is 9.90. The summed E-state index contributed by atoms with van der Waals surface area (Å²) in [7, 11) is 2.08. The zero-order valence-corrected chi connectivity index (χ0v) is 14.1. The van der Waals surface area contributed by atoms with Gasteiger partial charge in [0.25, 0.3) is 0 Å².